The Morgan fingerprint density at radius 2 is 2.20 bits per heavy atom. The summed E-state index contributed by atoms with van der Waals surface area (Å²) in [6, 6.07) is 2.02. The minimum atomic E-state index is 0.350. The second kappa shape index (κ2) is 9.50. The number of carbonyl (C=O) groups excluding carboxylic acids is 1. The van der Waals surface area contributed by atoms with E-state index in [9.17, 15) is 4.79 Å². The Bertz CT molecular complexity index is 1040. The molecule has 0 saturated carbocycles. The highest BCUT2D eigenvalue weighted by molar-refractivity contribution is 7.15. The number of nitrogens with one attached hydrogen (secondary N) is 1. The van der Waals surface area contributed by atoms with Crippen LogP contribution in [0.3, 0.4) is 0 Å². The molecule has 0 atom stereocenters. The number of fused-ring (bicyclic) bond motifs is 1. The molecule has 3 aromatic heterocycles. The van der Waals surface area contributed by atoms with Gasteiger partial charge in [-0.05, 0) is 49.4 Å². The summed E-state index contributed by atoms with van der Waals surface area (Å²) in [6.07, 6.45) is 8.02. The van der Waals surface area contributed by atoms with Crippen molar-refractivity contribution in [3.63, 3.8) is 0 Å². The van der Waals surface area contributed by atoms with E-state index in [1.54, 1.807) is 22.7 Å². The number of carbonyl (C=O) groups is 1. The molecule has 1 aliphatic heterocycles. The molecule has 1 N–H and O–H groups in total. The molecule has 158 valence electrons. The van der Waals surface area contributed by atoms with Gasteiger partial charge in [-0.15, -0.1) is 22.7 Å². The lowest BCUT2D eigenvalue weighted by Crippen LogP contribution is -2.22. The zero-order chi connectivity index (χ0) is 21.1. The first-order valence-corrected chi connectivity index (χ1v) is 12.4. The van der Waals surface area contributed by atoms with Crippen molar-refractivity contribution >= 4 is 28.5 Å². The van der Waals surface area contributed by atoms with Crippen molar-refractivity contribution < 1.29 is 4.79 Å². The summed E-state index contributed by atoms with van der Waals surface area (Å²) >= 11 is 3.49. The minimum Gasteiger partial charge on any atom is -0.312 e. The van der Waals surface area contributed by atoms with Crippen LogP contribution in [0.4, 0.5) is 0 Å². The average molecular weight is 440 g/mol. The number of nitrogens with zero attached hydrogens (tertiary/aromatic N) is 2. The Morgan fingerprint density at radius 1 is 1.33 bits per heavy atom. The third-order valence-electron chi connectivity index (χ3n) is 5.63. The maximum Gasteiger partial charge on any atom is 0.138 e. The van der Waals surface area contributed by atoms with E-state index in [1.807, 2.05) is 18.5 Å². The second-order valence-electron chi connectivity index (χ2n) is 8.46. The van der Waals surface area contributed by atoms with E-state index < -0.39 is 0 Å². The molecule has 0 aliphatic carbocycles. The van der Waals surface area contributed by atoms with Gasteiger partial charge < -0.3 is 5.32 Å². The number of pyridine rings is 1. The van der Waals surface area contributed by atoms with Crippen LogP contribution in [-0.4, -0.2) is 22.3 Å². The molecular weight excluding hydrogens is 410 g/mol. The molecule has 4 nitrogen and oxygen atoms in total. The Labute approximate surface area is 186 Å². The van der Waals surface area contributed by atoms with Gasteiger partial charge in [0, 0.05) is 58.0 Å². The largest absolute Gasteiger partial charge is 0.312 e. The van der Waals surface area contributed by atoms with Crippen molar-refractivity contribution in [2.24, 2.45) is 5.92 Å². The predicted molar refractivity (Wildman–Crippen MR) is 126 cm³/mol. The van der Waals surface area contributed by atoms with Gasteiger partial charge in [-0.3, -0.25) is 9.78 Å². The molecule has 4 rings (SSSR count). The van der Waals surface area contributed by atoms with E-state index in [0.717, 1.165) is 48.6 Å². The number of thiophene rings is 1. The molecule has 4 heterocycles. The maximum absolute atomic E-state index is 12.7. The smallest absolute Gasteiger partial charge is 0.138 e. The van der Waals surface area contributed by atoms with Crippen molar-refractivity contribution in [3.8, 4) is 21.8 Å². The number of thiazole rings is 1. The molecule has 0 unspecified atom stereocenters. The first kappa shape index (κ1) is 21.3. The maximum atomic E-state index is 12.7. The van der Waals surface area contributed by atoms with Crippen molar-refractivity contribution in [1.29, 1.82) is 0 Å². The molecule has 1 aliphatic rings. The Balaban J connectivity index is 1.63. The highest BCUT2D eigenvalue weighted by atomic mass is 32.1. The summed E-state index contributed by atoms with van der Waals surface area (Å²) < 4.78 is 0. The monoisotopic (exact) mass is 439 g/mol. The zero-order valence-corrected chi connectivity index (χ0v) is 19.6. The standard InChI is InChI=1S/C24H29N3OS2/c1-15(2)5-4-6-17(28)11-21-23(18-8-10-26-13-22(18)30-21)24-27-20(14-29-24)19-12-25-9-7-16(19)3/h7,9,12,14-15,26H,4-6,8,10-11,13H2,1-3H3. The summed E-state index contributed by atoms with van der Waals surface area (Å²) in [5.74, 6) is 1.00. The Hall–Kier alpha value is -1.89. The molecule has 0 saturated heterocycles. The summed E-state index contributed by atoms with van der Waals surface area (Å²) in [6.45, 7) is 8.40. The molecule has 0 amide bonds. The van der Waals surface area contributed by atoms with E-state index in [-0.39, 0.29) is 0 Å². The highest BCUT2D eigenvalue weighted by Gasteiger charge is 2.25. The molecule has 6 heteroatoms. The van der Waals surface area contributed by atoms with Crippen molar-refractivity contribution in [1.82, 2.24) is 15.3 Å². The normalized spacial score (nSPS) is 13.6. The lowest BCUT2D eigenvalue weighted by atomic mass is 9.99. The van der Waals surface area contributed by atoms with E-state index in [2.05, 4.69) is 36.5 Å². The van der Waals surface area contributed by atoms with E-state index in [4.69, 9.17) is 4.98 Å². The van der Waals surface area contributed by atoms with Gasteiger partial charge in [0.15, 0.2) is 0 Å². The van der Waals surface area contributed by atoms with Crippen LogP contribution in [-0.2, 0) is 24.2 Å². The van der Waals surface area contributed by atoms with Crippen LogP contribution in [0.1, 0.15) is 54.0 Å². The number of aromatic nitrogens is 2. The third-order valence-corrected chi connectivity index (χ3v) is 7.72. The zero-order valence-electron chi connectivity index (χ0n) is 18.0. The van der Waals surface area contributed by atoms with Gasteiger partial charge in [0.05, 0.1) is 5.69 Å². The van der Waals surface area contributed by atoms with Crippen LogP contribution < -0.4 is 5.32 Å². The van der Waals surface area contributed by atoms with Crippen LogP contribution in [0, 0.1) is 12.8 Å². The van der Waals surface area contributed by atoms with Gasteiger partial charge in [-0.1, -0.05) is 20.3 Å². The first-order valence-electron chi connectivity index (χ1n) is 10.8. The minimum absolute atomic E-state index is 0.350. The third kappa shape index (κ3) is 4.71. The lowest BCUT2D eigenvalue weighted by molar-refractivity contribution is -0.118. The molecule has 0 bridgehead atoms. The van der Waals surface area contributed by atoms with Crippen LogP contribution >= 0.6 is 22.7 Å². The van der Waals surface area contributed by atoms with Crippen LogP contribution in [0.5, 0.6) is 0 Å². The summed E-state index contributed by atoms with van der Waals surface area (Å²) in [4.78, 5) is 24.6. The Kier molecular flexibility index (Phi) is 6.76. The fraction of sp³-hybridized carbons (Fsp3) is 0.458. The molecule has 3 aromatic rings. The van der Waals surface area contributed by atoms with E-state index in [0.29, 0.717) is 24.5 Å². The van der Waals surface area contributed by atoms with Gasteiger partial charge in [0.2, 0.25) is 0 Å². The summed E-state index contributed by atoms with van der Waals surface area (Å²) in [5.41, 5.74) is 5.86. The molecule has 0 aromatic carbocycles. The average Bonchev–Trinajstić information content (AvgIpc) is 3.32. The number of rotatable bonds is 8. The SMILES string of the molecule is Cc1ccncc1-c1csc(-c2c(CC(=O)CCCC(C)C)sc3c2CCNC3)n1. The fourth-order valence-electron chi connectivity index (χ4n) is 3.98. The van der Waals surface area contributed by atoms with Gasteiger partial charge >= 0.3 is 0 Å². The van der Waals surface area contributed by atoms with Gasteiger partial charge in [0.1, 0.15) is 10.8 Å². The van der Waals surface area contributed by atoms with Crippen LogP contribution in [0.2, 0.25) is 0 Å². The summed E-state index contributed by atoms with van der Waals surface area (Å²) in [7, 11) is 0. The molecule has 0 radical (unpaired) electrons. The predicted octanol–water partition coefficient (Wildman–Crippen LogP) is 5.83. The van der Waals surface area contributed by atoms with Crippen molar-refractivity contribution in [2.45, 2.75) is 59.4 Å². The van der Waals surface area contributed by atoms with E-state index >= 15 is 0 Å². The quantitative estimate of drug-likeness (QED) is 0.480. The second-order valence-corrected chi connectivity index (χ2v) is 10.5. The van der Waals surface area contributed by atoms with Gasteiger partial charge in [-0.25, -0.2) is 4.98 Å². The molecule has 30 heavy (non-hydrogen) atoms. The van der Waals surface area contributed by atoms with Crippen LogP contribution in [0.25, 0.3) is 21.8 Å². The van der Waals surface area contributed by atoms with Crippen molar-refractivity contribution in [2.75, 3.05) is 6.54 Å². The van der Waals surface area contributed by atoms with Gasteiger partial charge in [0.25, 0.3) is 0 Å². The number of ketones is 1. The molecular formula is C24H29N3OS2. The summed E-state index contributed by atoms with van der Waals surface area (Å²) in [5, 5.41) is 6.63. The molecule has 0 spiro atoms. The number of hydrogen-bond acceptors (Lipinski definition) is 6. The topological polar surface area (TPSA) is 54.9 Å². The fourth-order valence-corrected chi connectivity index (χ4v) is 6.32. The highest BCUT2D eigenvalue weighted by Crippen LogP contribution is 2.41. The number of hydrogen-bond donors (Lipinski definition) is 1. The lowest BCUT2D eigenvalue weighted by Gasteiger charge is -2.13. The first-order chi connectivity index (χ1) is 14.5. The molecule has 0 fully saturated rings. The van der Waals surface area contributed by atoms with Crippen LogP contribution in [0.15, 0.2) is 23.8 Å². The van der Waals surface area contributed by atoms with E-state index in [1.165, 1.54) is 26.4 Å². The number of aryl methyl sites for hydroxylation is 1. The van der Waals surface area contributed by atoms with Crippen molar-refractivity contribution in [3.05, 3.63) is 44.7 Å². The van der Waals surface area contributed by atoms with Gasteiger partial charge in [-0.2, -0.15) is 0 Å². The Morgan fingerprint density at radius 3 is 3.00 bits per heavy atom. The number of Topliss-reactive ketones (excluding diaryl/α,β-unsaturated/α-hetero) is 1.